The lowest BCUT2D eigenvalue weighted by molar-refractivity contribution is 0.0231. The van der Waals surface area contributed by atoms with E-state index >= 15 is 0 Å². The molecule has 0 spiro atoms. The van der Waals surface area contributed by atoms with Gasteiger partial charge in [0.05, 0.1) is 61.7 Å². The van der Waals surface area contributed by atoms with Gasteiger partial charge in [-0.05, 0) is 0 Å². The van der Waals surface area contributed by atoms with E-state index < -0.39 is 40.6 Å². The van der Waals surface area contributed by atoms with E-state index in [1.165, 1.54) is 14.2 Å². The number of ether oxygens (including phenoxy) is 2. The van der Waals surface area contributed by atoms with Crippen LogP contribution in [-0.4, -0.2) is 85.7 Å². The molecule has 6 radical (unpaired) electrons. The second-order valence-electron chi connectivity index (χ2n) is 5.00. The average molecular weight is 410 g/mol. The van der Waals surface area contributed by atoms with Crippen molar-refractivity contribution in [1.82, 2.24) is 0 Å². The molecule has 15 heteroatoms. The lowest BCUT2D eigenvalue weighted by atomic mass is 10.0. The van der Waals surface area contributed by atoms with Crippen molar-refractivity contribution >= 4 is 39.2 Å². The molecule has 0 aliphatic carbocycles. The molecule has 2 unspecified atom stereocenters. The fraction of sp³-hybridized carbons (Fsp3) is 1.00. The SMILES string of the molecule is [B]C[C@H](COP(=O)(O)O[C@H](C[B])COP(=O)(O)O[C@H](C[B])COC)OC. The van der Waals surface area contributed by atoms with Gasteiger partial charge in [0, 0.05) is 14.2 Å². The highest BCUT2D eigenvalue weighted by Crippen LogP contribution is 2.48. The van der Waals surface area contributed by atoms with E-state index in [2.05, 4.69) is 0 Å². The largest absolute Gasteiger partial charge is 0.472 e. The Labute approximate surface area is 157 Å². The van der Waals surface area contributed by atoms with Crippen molar-refractivity contribution in [2.75, 3.05) is 34.0 Å². The molecule has 0 rings (SSSR count). The summed E-state index contributed by atoms with van der Waals surface area (Å²) in [5.74, 6) is 0. The summed E-state index contributed by atoms with van der Waals surface area (Å²) in [7, 11) is 9.83. The zero-order valence-electron chi connectivity index (χ0n) is 14.8. The van der Waals surface area contributed by atoms with Crippen LogP contribution in [0.3, 0.4) is 0 Å². The first-order chi connectivity index (χ1) is 12.1. The second kappa shape index (κ2) is 13.5. The summed E-state index contributed by atoms with van der Waals surface area (Å²) in [4.78, 5) is 19.3. The van der Waals surface area contributed by atoms with Crippen molar-refractivity contribution < 1.29 is 46.5 Å². The highest BCUT2D eigenvalue weighted by atomic mass is 31.2. The van der Waals surface area contributed by atoms with Gasteiger partial charge in [-0.2, -0.15) is 0 Å². The van der Waals surface area contributed by atoms with Crippen LogP contribution in [0.2, 0.25) is 19.0 Å². The standard InChI is InChI=1S/C11H23B3O10P2/c1-19-6-10(4-13)23-26(17,18)22-8-11(5-14)24-25(15,16)21-7-9(3-12)20-2/h9-11H,3-8H2,1-2H3,(H,15,16)(H,17,18)/t9-,10-,11-/m1/s1. The second-order valence-corrected chi connectivity index (χ2v) is 7.82. The van der Waals surface area contributed by atoms with Gasteiger partial charge in [0.1, 0.15) is 0 Å². The van der Waals surface area contributed by atoms with Crippen LogP contribution in [0.25, 0.3) is 0 Å². The molecular weight excluding hydrogens is 386 g/mol. The molecule has 0 aromatic carbocycles. The minimum atomic E-state index is -4.52. The van der Waals surface area contributed by atoms with E-state index in [1.54, 1.807) is 0 Å². The highest BCUT2D eigenvalue weighted by Gasteiger charge is 2.31. The van der Waals surface area contributed by atoms with E-state index in [4.69, 9.17) is 51.1 Å². The zero-order chi connectivity index (χ0) is 20.2. The molecule has 0 fully saturated rings. The Morgan fingerprint density at radius 2 is 1.15 bits per heavy atom. The molecular formula is C11H23B3O10P2. The number of methoxy groups -OCH3 is 2. The van der Waals surface area contributed by atoms with Crippen molar-refractivity contribution in [3.63, 3.8) is 0 Å². The smallest absolute Gasteiger partial charge is 0.382 e. The molecule has 26 heavy (non-hydrogen) atoms. The summed E-state index contributed by atoms with van der Waals surface area (Å²) in [5, 5.41) is 0. The third-order valence-electron chi connectivity index (χ3n) is 2.89. The van der Waals surface area contributed by atoms with Gasteiger partial charge in [-0.15, -0.1) is 0 Å². The van der Waals surface area contributed by atoms with E-state index in [1.807, 2.05) is 0 Å². The van der Waals surface area contributed by atoms with Gasteiger partial charge in [-0.1, -0.05) is 19.0 Å². The van der Waals surface area contributed by atoms with E-state index in [0.717, 1.165) is 0 Å². The molecule has 5 atom stereocenters. The number of phosphoric ester groups is 2. The predicted octanol–water partition coefficient (Wildman–Crippen LogP) is 0.413. The van der Waals surface area contributed by atoms with Crippen molar-refractivity contribution in [1.29, 1.82) is 0 Å². The monoisotopic (exact) mass is 410 g/mol. The molecule has 0 bridgehead atoms. The molecule has 0 aliphatic rings. The van der Waals surface area contributed by atoms with Crippen LogP contribution >= 0.6 is 15.6 Å². The van der Waals surface area contributed by atoms with Crippen LogP contribution in [0.4, 0.5) is 0 Å². The van der Waals surface area contributed by atoms with Crippen LogP contribution < -0.4 is 0 Å². The summed E-state index contributed by atoms with van der Waals surface area (Å²) in [6.45, 7) is -0.925. The Bertz CT molecular complexity index is 468. The third kappa shape index (κ3) is 11.9. The van der Waals surface area contributed by atoms with Crippen LogP contribution in [0, 0.1) is 0 Å². The number of hydrogen-bond donors (Lipinski definition) is 2. The lowest BCUT2D eigenvalue weighted by Gasteiger charge is -2.23. The van der Waals surface area contributed by atoms with Crippen molar-refractivity contribution in [2.24, 2.45) is 0 Å². The van der Waals surface area contributed by atoms with Crippen LogP contribution in [0.15, 0.2) is 0 Å². The molecule has 10 nitrogen and oxygen atoms in total. The Balaban J connectivity index is 4.56. The lowest BCUT2D eigenvalue weighted by Crippen LogP contribution is -2.22. The maximum absolute atomic E-state index is 11.9. The number of hydrogen-bond acceptors (Lipinski definition) is 8. The molecule has 0 amide bonds. The maximum Gasteiger partial charge on any atom is 0.472 e. The number of rotatable bonds is 16. The van der Waals surface area contributed by atoms with Crippen molar-refractivity contribution in [3.8, 4) is 0 Å². The molecule has 0 aliphatic heterocycles. The van der Waals surface area contributed by atoms with Gasteiger partial charge < -0.3 is 19.3 Å². The van der Waals surface area contributed by atoms with Crippen molar-refractivity contribution in [2.45, 2.75) is 37.3 Å². The summed E-state index contributed by atoms with van der Waals surface area (Å²) in [6.07, 6.45) is -3.01. The molecule has 0 aromatic rings. The summed E-state index contributed by atoms with van der Waals surface area (Å²) < 4.78 is 52.4. The van der Waals surface area contributed by atoms with Crippen LogP contribution in [-0.2, 0) is 36.7 Å². The topological polar surface area (TPSA) is 130 Å². The maximum atomic E-state index is 11.9. The third-order valence-corrected chi connectivity index (χ3v) is 4.97. The van der Waals surface area contributed by atoms with Gasteiger partial charge in [0.2, 0.25) is 0 Å². The Morgan fingerprint density at radius 1 is 0.769 bits per heavy atom. The van der Waals surface area contributed by atoms with Gasteiger partial charge in [0.15, 0.2) is 0 Å². The van der Waals surface area contributed by atoms with Gasteiger partial charge >= 0.3 is 15.6 Å². The van der Waals surface area contributed by atoms with E-state index in [0.29, 0.717) is 0 Å². The fourth-order valence-corrected chi connectivity index (χ4v) is 3.37. The van der Waals surface area contributed by atoms with Gasteiger partial charge in [0.25, 0.3) is 0 Å². The first-order valence-electron chi connectivity index (χ1n) is 7.56. The van der Waals surface area contributed by atoms with Gasteiger partial charge in [-0.25, -0.2) is 9.13 Å². The fourth-order valence-electron chi connectivity index (χ4n) is 1.49. The van der Waals surface area contributed by atoms with Crippen LogP contribution in [0.1, 0.15) is 0 Å². The normalized spacial score (nSPS) is 20.0. The summed E-state index contributed by atoms with van der Waals surface area (Å²) in [6, 6.07) is 0. The quantitative estimate of drug-likeness (QED) is 0.273. The Morgan fingerprint density at radius 3 is 1.50 bits per heavy atom. The molecule has 0 heterocycles. The molecule has 146 valence electrons. The van der Waals surface area contributed by atoms with Crippen LogP contribution in [0.5, 0.6) is 0 Å². The number of phosphoric acid groups is 2. The average Bonchev–Trinajstić information content (AvgIpc) is 2.58. The molecule has 0 saturated carbocycles. The molecule has 0 aromatic heterocycles. The first-order valence-corrected chi connectivity index (χ1v) is 10.6. The first kappa shape index (κ1) is 26.3. The Kier molecular flexibility index (Phi) is 13.7. The zero-order valence-corrected chi connectivity index (χ0v) is 16.6. The minimum Gasteiger partial charge on any atom is -0.382 e. The van der Waals surface area contributed by atoms with Gasteiger partial charge in [-0.3, -0.25) is 18.1 Å². The summed E-state index contributed by atoms with van der Waals surface area (Å²) >= 11 is 0. The van der Waals surface area contributed by atoms with Crippen molar-refractivity contribution in [3.05, 3.63) is 0 Å². The molecule has 2 N–H and O–H groups in total. The highest BCUT2D eigenvalue weighted by molar-refractivity contribution is 7.47. The van der Waals surface area contributed by atoms with E-state index in [-0.39, 0.29) is 32.2 Å². The van der Waals surface area contributed by atoms with E-state index in [9.17, 15) is 18.9 Å². The Hall–Kier alpha value is 0.335. The molecule has 0 saturated heterocycles. The summed E-state index contributed by atoms with van der Waals surface area (Å²) in [5.41, 5.74) is 0. The predicted molar refractivity (Wildman–Crippen MR) is 95.7 cm³/mol. The minimum absolute atomic E-state index is 0.0251.